The van der Waals surface area contributed by atoms with Crippen LogP contribution in [0.4, 0.5) is 0 Å². The largest absolute Gasteiger partial charge is 0.489 e. The molecule has 2 nitrogen and oxygen atoms in total. The molecular formula is C16H19NO. The van der Waals surface area contributed by atoms with Gasteiger partial charge in [-0.3, -0.25) is 4.90 Å². The van der Waals surface area contributed by atoms with Gasteiger partial charge in [0, 0.05) is 19.0 Å². The zero-order valence-electron chi connectivity index (χ0n) is 11.0. The molecule has 2 aromatic rings. The van der Waals surface area contributed by atoms with Crippen molar-refractivity contribution in [2.24, 2.45) is 0 Å². The van der Waals surface area contributed by atoms with E-state index in [9.17, 15) is 0 Å². The van der Waals surface area contributed by atoms with E-state index in [1.165, 1.54) is 10.8 Å². The van der Waals surface area contributed by atoms with Crippen molar-refractivity contribution in [1.29, 1.82) is 0 Å². The number of hydrogen-bond donors (Lipinski definition) is 0. The molecule has 3 rings (SSSR count). The van der Waals surface area contributed by atoms with Crippen LogP contribution in [0.2, 0.25) is 0 Å². The zero-order chi connectivity index (χ0) is 12.5. The van der Waals surface area contributed by atoms with Gasteiger partial charge in [0.05, 0.1) is 0 Å². The van der Waals surface area contributed by atoms with Crippen LogP contribution in [0.5, 0.6) is 5.75 Å². The number of benzene rings is 2. The highest BCUT2D eigenvalue weighted by molar-refractivity contribution is 5.83. The van der Waals surface area contributed by atoms with Gasteiger partial charge in [-0.05, 0) is 36.9 Å². The summed E-state index contributed by atoms with van der Waals surface area (Å²) < 4.78 is 6.08. The van der Waals surface area contributed by atoms with Gasteiger partial charge in [-0.25, -0.2) is 0 Å². The molecule has 0 aromatic heterocycles. The summed E-state index contributed by atoms with van der Waals surface area (Å²) in [5.74, 6) is 0.987. The van der Waals surface area contributed by atoms with Crippen LogP contribution in [0.15, 0.2) is 42.5 Å². The van der Waals surface area contributed by atoms with Crippen molar-refractivity contribution in [3.8, 4) is 5.75 Å². The number of fused-ring (bicyclic) bond motifs is 1. The Hall–Kier alpha value is -1.54. The topological polar surface area (TPSA) is 12.5 Å². The van der Waals surface area contributed by atoms with Gasteiger partial charge in [0.25, 0.3) is 0 Å². The van der Waals surface area contributed by atoms with E-state index in [2.05, 4.69) is 61.3 Å². The summed E-state index contributed by atoms with van der Waals surface area (Å²) in [5.41, 5.74) is 0. The molecule has 0 spiro atoms. The Morgan fingerprint density at radius 2 is 1.89 bits per heavy atom. The summed E-state index contributed by atoms with van der Waals surface area (Å²) in [4.78, 5) is 2.35. The molecule has 1 saturated heterocycles. The van der Waals surface area contributed by atoms with Gasteiger partial charge in [-0.15, -0.1) is 0 Å². The van der Waals surface area contributed by atoms with Crippen LogP contribution in [0.1, 0.15) is 13.3 Å². The van der Waals surface area contributed by atoms with E-state index >= 15 is 0 Å². The molecule has 1 aliphatic rings. The molecular weight excluding hydrogens is 222 g/mol. The Labute approximate surface area is 108 Å². The first-order chi connectivity index (χ1) is 8.72. The molecule has 2 aromatic carbocycles. The number of nitrogens with zero attached hydrogens (tertiary/aromatic N) is 1. The lowest BCUT2D eigenvalue weighted by atomic mass is 10.1. The quantitative estimate of drug-likeness (QED) is 0.799. The molecule has 0 aliphatic carbocycles. The Bertz CT molecular complexity index is 542. The molecule has 0 N–H and O–H groups in total. The lowest BCUT2D eigenvalue weighted by molar-refractivity contribution is 0.208. The van der Waals surface area contributed by atoms with Crippen molar-refractivity contribution >= 4 is 10.8 Å². The van der Waals surface area contributed by atoms with Gasteiger partial charge in [0.1, 0.15) is 11.9 Å². The lowest BCUT2D eigenvalue weighted by Gasteiger charge is -2.14. The normalized spacial score (nSPS) is 24.6. The number of ether oxygens (including phenoxy) is 1. The number of rotatable bonds is 2. The third kappa shape index (κ3) is 2.21. The molecule has 1 fully saturated rings. The highest BCUT2D eigenvalue weighted by Crippen LogP contribution is 2.25. The maximum Gasteiger partial charge on any atom is 0.120 e. The van der Waals surface area contributed by atoms with Gasteiger partial charge in [0.15, 0.2) is 0 Å². The van der Waals surface area contributed by atoms with Crippen molar-refractivity contribution in [2.75, 3.05) is 13.6 Å². The fourth-order valence-corrected chi connectivity index (χ4v) is 2.65. The number of hydrogen-bond acceptors (Lipinski definition) is 2. The summed E-state index contributed by atoms with van der Waals surface area (Å²) >= 11 is 0. The molecule has 0 saturated carbocycles. The highest BCUT2D eigenvalue weighted by atomic mass is 16.5. The molecule has 0 amide bonds. The maximum absolute atomic E-state index is 6.08. The van der Waals surface area contributed by atoms with Crippen LogP contribution in [0.3, 0.4) is 0 Å². The third-order valence-electron chi connectivity index (χ3n) is 3.87. The highest BCUT2D eigenvalue weighted by Gasteiger charge is 2.27. The van der Waals surface area contributed by atoms with Crippen molar-refractivity contribution in [1.82, 2.24) is 4.90 Å². The van der Waals surface area contributed by atoms with E-state index in [1.54, 1.807) is 0 Å². The summed E-state index contributed by atoms with van der Waals surface area (Å²) in [5, 5.41) is 2.51. The Kier molecular flexibility index (Phi) is 2.96. The molecule has 0 radical (unpaired) electrons. The average Bonchev–Trinajstić information content (AvgIpc) is 2.68. The lowest BCUT2D eigenvalue weighted by Crippen LogP contribution is -2.23. The molecule has 18 heavy (non-hydrogen) atoms. The fraction of sp³-hybridized carbons (Fsp3) is 0.375. The summed E-state index contributed by atoms with van der Waals surface area (Å²) in [6.45, 7) is 3.28. The predicted octanol–water partition coefficient (Wildman–Crippen LogP) is 3.31. The van der Waals surface area contributed by atoms with Crippen molar-refractivity contribution in [2.45, 2.75) is 25.5 Å². The van der Waals surface area contributed by atoms with Crippen LogP contribution in [0.25, 0.3) is 10.8 Å². The van der Waals surface area contributed by atoms with Crippen molar-refractivity contribution in [3.05, 3.63) is 42.5 Å². The summed E-state index contributed by atoms with van der Waals surface area (Å²) in [7, 11) is 2.16. The molecule has 94 valence electrons. The van der Waals surface area contributed by atoms with Gasteiger partial charge < -0.3 is 4.74 Å². The van der Waals surface area contributed by atoms with E-state index < -0.39 is 0 Å². The maximum atomic E-state index is 6.08. The van der Waals surface area contributed by atoms with Gasteiger partial charge >= 0.3 is 0 Å². The third-order valence-corrected chi connectivity index (χ3v) is 3.87. The minimum atomic E-state index is 0.325. The minimum absolute atomic E-state index is 0.325. The average molecular weight is 241 g/mol. The monoisotopic (exact) mass is 241 g/mol. The summed E-state index contributed by atoms with van der Waals surface area (Å²) in [6, 6.07) is 15.4. The van der Waals surface area contributed by atoms with Crippen LogP contribution in [0, 0.1) is 0 Å². The SMILES string of the molecule is CC1CC(Oc2ccc3ccccc3c2)CN1C. The molecule has 2 atom stereocenters. The minimum Gasteiger partial charge on any atom is -0.489 e. The van der Waals surface area contributed by atoms with Crippen LogP contribution >= 0.6 is 0 Å². The van der Waals surface area contributed by atoms with Crippen LogP contribution in [-0.4, -0.2) is 30.6 Å². The fourth-order valence-electron chi connectivity index (χ4n) is 2.65. The molecule has 2 heteroatoms. The van der Waals surface area contributed by atoms with Gasteiger partial charge in [0.2, 0.25) is 0 Å². The number of likely N-dealkylation sites (N-methyl/N-ethyl adjacent to an activating group) is 1. The van der Waals surface area contributed by atoms with E-state index in [-0.39, 0.29) is 0 Å². The van der Waals surface area contributed by atoms with Gasteiger partial charge in [-0.1, -0.05) is 30.3 Å². The molecule has 0 bridgehead atoms. The summed E-state index contributed by atoms with van der Waals surface area (Å²) in [6.07, 6.45) is 1.44. The first-order valence-electron chi connectivity index (χ1n) is 6.58. The van der Waals surface area contributed by atoms with Crippen molar-refractivity contribution in [3.63, 3.8) is 0 Å². The first-order valence-corrected chi connectivity index (χ1v) is 6.58. The second kappa shape index (κ2) is 4.62. The Balaban J connectivity index is 1.79. The Morgan fingerprint density at radius 1 is 1.11 bits per heavy atom. The van der Waals surface area contributed by atoms with E-state index in [1.807, 2.05) is 0 Å². The zero-order valence-corrected chi connectivity index (χ0v) is 11.0. The molecule has 1 aliphatic heterocycles. The first kappa shape index (κ1) is 11.5. The molecule has 1 heterocycles. The second-order valence-corrected chi connectivity index (χ2v) is 5.27. The standard InChI is InChI=1S/C16H19NO/c1-12-9-16(11-17(12)2)18-15-8-7-13-5-3-4-6-14(13)10-15/h3-8,10,12,16H,9,11H2,1-2H3. The van der Waals surface area contributed by atoms with Crippen LogP contribution in [-0.2, 0) is 0 Å². The van der Waals surface area contributed by atoms with Gasteiger partial charge in [-0.2, -0.15) is 0 Å². The Morgan fingerprint density at radius 3 is 2.61 bits per heavy atom. The van der Waals surface area contributed by atoms with Crippen molar-refractivity contribution < 1.29 is 4.74 Å². The van der Waals surface area contributed by atoms with E-state index in [0.29, 0.717) is 12.1 Å². The molecule has 2 unspecified atom stereocenters. The van der Waals surface area contributed by atoms with E-state index in [4.69, 9.17) is 4.74 Å². The number of likely N-dealkylation sites (tertiary alicyclic amines) is 1. The smallest absolute Gasteiger partial charge is 0.120 e. The van der Waals surface area contributed by atoms with E-state index in [0.717, 1.165) is 18.7 Å². The predicted molar refractivity (Wildman–Crippen MR) is 75.1 cm³/mol. The second-order valence-electron chi connectivity index (χ2n) is 5.27. The van der Waals surface area contributed by atoms with Crippen LogP contribution < -0.4 is 4.74 Å².